The molecule has 3 rings (SSSR count). The number of rotatable bonds is 3. The van der Waals surface area contributed by atoms with Crippen molar-refractivity contribution in [1.29, 1.82) is 0 Å². The number of ketones is 1. The Hall–Kier alpha value is -1.81. The van der Waals surface area contributed by atoms with Gasteiger partial charge in [0.05, 0.1) is 7.11 Å². The molecule has 0 saturated carbocycles. The second-order valence-corrected chi connectivity index (χ2v) is 6.16. The number of allylic oxidation sites excluding steroid dienone is 1. The number of hydrogen-bond donors (Lipinski definition) is 1. The van der Waals surface area contributed by atoms with Crippen molar-refractivity contribution in [3.05, 3.63) is 35.4 Å². The highest BCUT2D eigenvalue weighted by molar-refractivity contribution is 5.92. The summed E-state index contributed by atoms with van der Waals surface area (Å²) in [5, 5.41) is 10.1. The van der Waals surface area contributed by atoms with Gasteiger partial charge >= 0.3 is 0 Å². The summed E-state index contributed by atoms with van der Waals surface area (Å²) in [5.74, 6) is 0.875. The van der Waals surface area contributed by atoms with Crippen molar-refractivity contribution in [1.82, 2.24) is 4.90 Å². The predicted octanol–water partition coefficient (Wildman–Crippen LogP) is 2.78. The van der Waals surface area contributed by atoms with Crippen LogP contribution in [-0.2, 0) is 16.8 Å². The van der Waals surface area contributed by atoms with Crippen molar-refractivity contribution in [2.24, 2.45) is 0 Å². The van der Waals surface area contributed by atoms with E-state index in [-0.39, 0.29) is 23.0 Å². The van der Waals surface area contributed by atoms with Gasteiger partial charge in [-0.15, -0.1) is 0 Å². The molecule has 118 valence electrons. The third-order valence-electron chi connectivity index (χ3n) is 5.27. The molecule has 0 saturated heterocycles. The second-order valence-electron chi connectivity index (χ2n) is 6.16. The van der Waals surface area contributed by atoms with Gasteiger partial charge < -0.3 is 9.84 Å². The van der Waals surface area contributed by atoms with Gasteiger partial charge in [0.25, 0.3) is 0 Å². The van der Waals surface area contributed by atoms with Gasteiger partial charge in [-0.25, -0.2) is 0 Å². The van der Waals surface area contributed by atoms with Crippen LogP contribution in [-0.4, -0.2) is 35.5 Å². The number of methoxy groups -OCH3 is 1. The summed E-state index contributed by atoms with van der Waals surface area (Å²) in [5.41, 5.74) is 2.12. The lowest BCUT2D eigenvalue weighted by molar-refractivity contribution is -0.117. The topological polar surface area (TPSA) is 49.8 Å². The Balaban J connectivity index is 2.24. The number of ether oxygens (including phenoxy) is 1. The molecule has 4 nitrogen and oxygen atoms in total. The standard InChI is InChI=1S/C18H23NO3/c1-4-18-7-6-13(20)9-17(18)19(5-2)11-12-8-15(21)16(22-3)10-14(12)18/h6-8,10,17,21H,4-5,9,11H2,1-3H3. The van der Waals surface area contributed by atoms with Gasteiger partial charge in [-0.1, -0.05) is 19.9 Å². The van der Waals surface area contributed by atoms with Gasteiger partial charge in [0, 0.05) is 24.4 Å². The summed E-state index contributed by atoms with van der Waals surface area (Å²) >= 11 is 0. The number of likely N-dealkylation sites (N-methyl/N-ethyl adjacent to an activating group) is 1. The summed E-state index contributed by atoms with van der Waals surface area (Å²) in [6.07, 6.45) is 5.27. The quantitative estimate of drug-likeness (QED) is 0.932. The van der Waals surface area contributed by atoms with Gasteiger partial charge in [0.1, 0.15) is 0 Å². The molecule has 1 aliphatic heterocycles. The average Bonchev–Trinajstić information content (AvgIpc) is 2.53. The van der Waals surface area contributed by atoms with E-state index in [1.807, 2.05) is 12.1 Å². The fraction of sp³-hybridized carbons (Fsp3) is 0.500. The lowest BCUT2D eigenvalue weighted by atomic mass is 9.64. The van der Waals surface area contributed by atoms with Crippen LogP contribution in [0.15, 0.2) is 24.3 Å². The Labute approximate surface area is 131 Å². The minimum atomic E-state index is -0.182. The molecule has 2 aliphatic rings. The molecule has 4 heteroatoms. The molecular weight excluding hydrogens is 278 g/mol. The molecule has 0 radical (unpaired) electrons. The van der Waals surface area contributed by atoms with E-state index in [2.05, 4.69) is 24.8 Å². The molecule has 2 atom stereocenters. The molecule has 2 unspecified atom stereocenters. The van der Waals surface area contributed by atoms with E-state index in [1.165, 1.54) is 5.56 Å². The molecule has 1 aromatic carbocycles. The van der Waals surface area contributed by atoms with Crippen molar-refractivity contribution in [2.75, 3.05) is 13.7 Å². The maximum Gasteiger partial charge on any atom is 0.160 e. The molecule has 1 N–H and O–H groups in total. The van der Waals surface area contributed by atoms with Gasteiger partial charge in [-0.2, -0.15) is 0 Å². The average molecular weight is 301 g/mol. The van der Waals surface area contributed by atoms with Crippen molar-refractivity contribution in [2.45, 2.75) is 44.7 Å². The monoisotopic (exact) mass is 301 g/mol. The minimum Gasteiger partial charge on any atom is -0.504 e. The number of phenolic OH excluding ortho intramolecular Hbond substituents is 1. The van der Waals surface area contributed by atoms with Crippen LogP contribution in [0.4, 0.5) is 0 Å². The largest absolute Gasteiger partial charge is 0.504 e. The minimum absolute atomic E-state index is 0.179. The molecule has 0 fully saturated rings. The van der Waals surface area contributed by atoms with Gasteiger partial charge in [-0.05, 0) is 42.3 Å². The van der Waals surface area contributed by atoms with Crippen LogP contribution in [0.5, 0.6) is 11.5 Å². The lowest BCUT2D eigenvalue weighted by Gasteiger charge is -2.50. The van der Waals surface area contributed by atoms with Crippen molar-refractivity contribution < 1.29 is 14.6 Å². The first kappa shape index (κ1) is 15.1. The maximum absolute atomic E-state index is 11.9. The van der Waals surface area contributed by atoms with E-state index >= 15 is 0 Å². The van der Waals surface area contributed by atoms with Gasteiger partial charge in [0.15, 0.2) is 17.3 Å². The normalized spacial score (nSPS) is 27.4. The van der Waals surface area contributed by atoms with E-state index in [9.17, 15) is 9.90 Å². The van der Waals surface area contributed by atoms with Crippen LogP contribution < -0.4 is 4.74 Å². The number of hydrogen-bond acceptors (Lipinski definition) is 4. The summed E-state index contributed by atoms with van der Waals surface area (Å²) in [6.45, 7) is 5.93. The number of carbonyl (C=O) groups is 1. The van der Waals surface area contributed by atoms with Gasteiger partial charge in [0.2, 0.25) is 0 Å². The first-order valence-electron chi connectivity index (χ1n) is 7.92. The summed E-state index contributed by atoms with van der Waals surface area (Å²) in [7, 11) is 1.57. The highest BCUT2D eigenvalue weighted by atomic mass is 16.5. The van der Waals surface area contributed by atoms with E-state index in [4.69, 9.17) is 4.74 Å². The smallest absolute Gasteiger partial charge is 0.160 e. The third kappa shape index (κ3) is 2.05. The fourth-order valence-electron chi connectivity index (χ4n) is 4.06. The summed E-state index contributed by atoms with van der Waals surface area (Å²) in [4.78, 5) is 14.3. The predicted molar refractivity (Wildman–Crippen MR) is 85.3 cm³/mol. The molecular formula is C18H23NO3. The van der Waals surface area contributed by atoms with E-state index < -0.39 is 0 Å². The first-order valence-corrected chi connectivity index (χ1v) is 7.92. The molecule has 1 aliphatic carbocycles. The number of aromatic hydroxyl groups is 1. The third-order valence-corrected chi connectivity index (χ3v) is 5.27. The molecule has 1 heterocycles. The van der Waals surface area contributed by atoms with Crippen LogP contribution in [0.2, 0.25) is 0 Å². The molecule has 22 heavy (non-hydrogen) atoms. The SMILES string of the molecule is CCN1Cc2cc(O)c(OC)cc2C2(CC)C=CC(=O)CC12. The lowest BCUT2D eigenvalue weighted by Crippen LogP contribution is -2.55. The number of carbonyl (C=O) groups excluding carboxylic acids is 1. The zero-order chi connectivity index (χ0) is 15.9. The summed E-state index contributed by atoms with van der Waals surface area (Å²) in [6, 6.07) is 3.95. The van der Waals surface area contributed by atoms with Crippen LogP contribution in [0.3, 0.4) is 0 Å². The first-order chi connectivity index (χ1) is 10.6. The van der Waals surface area contributed by atoms with Crippen molar-refractivity contribution >= 4 is 5.78 Å². The van der Waals surface area contributed by atoms with Crippen molar-refractivity contribution in [3.8, 4) is 11.5 Å². The number of benzene rings is 1. The highest BCUT2D eigenvalue weighted by Gasteiger charge is 2.47. The Morgan fingerprint density at radius 2 is 2.18 bits per heavy atom. The van der Waals surface area contributed by atoms with Crippen LogP contribution in [0, 0.1) is 0 Å². The Kier molecular flexibility index (Phi) is 3.73. The van der Waals surface area contributed by atoms with Crippen LogP contribution in [0.1, 0.15) is 37.8 Å². The van der Waals surface area contributed by atoms with Gasteiger partial charge in [-0.3, -0.25) is 9.69 Å². The van der Waals surface area contributed by atoms with Crippen LogP contribution in [0.25, 0.3) is 0 Å². The Morgan fingerprint density at radius 1 is 1.41 bits per heavy atom. The molecule has 0 aromatic heterocycles. The molecule has 0 amide bonds. The highest BCUT2D eigenvalue weighted by Crippen LogP contribution is 2.48. The second kappa shape index (κ2) is 5.43. The van der Waals surface area contributed by atoms with E-state index in [0.29, 0.717) is 12.2 Å². The van der Waals surface area contributed by atoms with Crippen LogP contribution >= 0.6 is 0 Å². The summed E-state index contributed by atoms with van der Waals surface area (Å²) < 4.78 is 5.30. The van der Waals surface area contributed by atoms with Crippen molar-refractivity contribution in [3.63, 3.8) is 0 Å². The maximum atomic E-state index is 11.9. The Bertz CT molecular complexity index is 637. The zero-order valence-electron chi connectivity index (χ0n) is 13.4. The molecule has 1 aromatic rings. The Morgan fingerprint density at radius 3 is 2.82 bits per heavy atom. The van der Waals surface area contributed by atoms with E-state index in [0.717, 1.165) is 25.1 Å². The zero-order valence-corrected chi connectivity index (χ0v) is 13.4. The number of nitrogens with zero attached hydrogens (tertiary/aromatic N) is 1. The number of fused-ring (bicyclic) bond motifs is 3. The van der Waals surface area contributed by atoms with E-state index in [1.54, 1.807) is 13.2 Å². The molecule has 0 bridgehead atoms. The molecule has 0 spiro atoms. The fourth-order valence-corrected chi connectivity index (χ4v) is 4.06. The number of phenols is 1.